The molecule has 0 radical (unpaired) electrons. The van der Waals surface area contributed by atoms with Gasteiger partial charge in [0.1, 0.15) is 11.6 Å². The van der Waals surface area contributed by atoms with E-state index >= 15 is 0 Å². The molecule has 1 saturated heterocycles. The molecular weight excluding hydrogens is 407 g/mol. The molecule has 0 atom stereocenters. The number of hydrogen-bond acceptors (Lipinski definition) is 4. The van der Waals surface area contributed by atoms with Gasteiger partial charge in [0.2, 0.25) is 11.8 Å². The van der Waals surface area contributed by atoms with E-state index in [0.717, 1.165) is 0 Å². The lowest BCUT2D eigenvalue weighted by molar-refractivity contribution is -0.142. The molecule has 1 saturated carbocycles. The third kappa shape index (κ3) is 4.41. The van der Waals surface area contributed by atoms with Crippen molar-refractivity contribution in [2.24, 2.45) is 0 Å². The molecule has 1 N–H and O–H groups in total. The number of ether oxygens (including phenoxy) is 1. The molecule has 8 heteroatoms. The van der Waals surface area contributed by atoms with Crippen molar-refractivity contribution in [3.05, 3.63) is 28.5 Å². The van der Waals surface area contributed by atoms with Crippen LogP contribution in [0.25, 0.3) is 0 Å². The second-order valence-electron chi connectivity index (χ2n) is 6.59. The van der Waals surface area contributed by atoms with Gasteiger partial charge in [-0.3, -0.25) is 19.3 Å². The minimum absolute atomic E-state index is 0.00631. The van der Waals surface area contributed by atoms with Crippen molar-refractivity contribution in [3.8, 4) is 5.75 Å². The highest BCUT2D eigenvalue weighted by Crippen LogP contribution is 2.28. The quantitative estimate of drug-likeness (QED) is 0.733. The average molecular weight is 427 g/mol. The van der Waals surface area contributed by atoms with Crippen molar-refractivity contribution < 1.29 is 23.5 Å². The maximum Gasteiger partial charge on any atom is 0.258 e. The van der Waals surface area contributed by atoms with Crippen LogP contribution in [0.1, 0.15) is 38.5 Å². The second kappa shape index (κ2) is 8.16. The summed E-state index contributed by atoms with van der Waals surface area (Å²) in [7, 11) is 0. The van der Waals surface area contributed by atoms with Crippen LogP contribution in [0.4, 0.5) is 4.39 Å². The van der Waals surface area contributed by atoms with Crippen molar-refractivity contribution in [1.82, 2.24) is 10.2 Å². The first-order valence-corrected chi connectivity index (χ1v) is 9.45. The van der Waals surface area contributed by atoms with Gasteiger partial charge < -0.3 is 10.1 Å². The Labute approximate surface area is 159 Å². The Morgan fingerprint density at radius 3 is 2.46 bits per heavy atom. The molecule has 2 fully saturated rings. The van der Waals surface area contributed by atoms with Crippen molar-refractivity contribution in [2.75, 3.05) is 6.61 Å². The third-order valence-electron chi connectivity index (χ3n) is 4.77. The van der Waals surface area contributed by atoms with Gasteiger partial charge in [-0.25, -0.2) is 4.39 Å². The molecule has 26 heavy (non-hydrogen) atoms. The summed E-state index contributed by atoms with van der Waals surface area (Å²) in [6, 6.07) is 3.96. The number of nitrogens with zero attached hydrogens (tertiary/aromatic N) is 1. The highest BCUT2D eigenvalue weighted by atomic mass is 79.9. The highest BCUT2D eigenvalue weighted by Gasteiger charge is 2.37. The fourth-order valence-electron chi connectivity index (χ4n) is 3.48. The van der Waals surface area contributed by atoms with Gasteiger partial charge in [-0.2, -0.15) is 0 Å². The zero-order chi connectivity index (χ0) is 18.7. The number of hydrogen-bond donors (Lipinski definition) is 1. The molecule has 1 aliphatic heterocycles. The molecule has 3 rings (SSSR count). The van der Waals surface area contributed by atoms with Crippen LogP contribution in [0, 0.1) is 5.82 Å². The van der Waals surface area contributed by atoms with Crippen molar-refractivity contribution in [2.45, 2.75) is 50.6 Å². The van der Waals surface area contributed by atoms with Gasteiger partial charge >= 0.3 is 0 Å². The van der Waals surface area contributed by atoms with E-state index in [9.17, 15) is 18.8 Å². The molecule has 0 bridgehead atoms. The van der Waals surface area contributed by atoms with E-state index in [4.69, 9.17) is 4.74 Å². The summed E-state index contributed by atoms with van der Waals surface area (Å²) < 4.78 is 18.9. The normalized spacial score (nSPS) is 23.2. The monoisotopic (exact) mass is 426 g/mol. The van der Waals surface area contributed by atoms with Crippen LogP contribution in [0.3, 0.4) is 0 Å². The summed E-state index contributed by atoms with van der Waals surface area (Å²) >= 11 is 3.19. The van der Waals surface area contributed by atoms with Gasteiger partial charge in [-0.15, -0.1) is 0 Å². The first-order valence-electron chi connectivity index (χ1n) is 8.66. The van der Waals surface area contributed by atoms with Crippen LogP contribution >= 0.6 is 15.9 Å². The fraction of sp³-hybridized carbons (Fsp3) is 0.500. The van der Waals surface area contributed by atoms with Crippen LogP contribution in [-0.2, 0) is 14.4 Å². The Kier molecular flexibility index (Phi) is 5.90. The Morgan fingerprint density at radius 2 is 1.85 bits per heavy atom. The molecule has 2 aliphatic rings. The van der Waals surface area contributed by atoms with Gasteiger partial charge in [0.15, 0.2) is 6.61 Å². The Balaban J connectivity index is 1.43. The van der Waals surface area contributed by atoms with Crippen LogP contribution in [0.2, 0.25) is 0 Å². The number of benzene rings is 1. The number of imide groups is 1. The summed E-state index contributed by atoms with van der Waals surface area (Å²) in [5, 5.41) is 2.91. The Hall–Kier alpha value is -1.96. The number of likely N-dealkylation sites (tertiary alicyclic amines) is 1. The Morgan fingerprint density at radius 1 is 1.19 bits per heavy atom. The molecule has 0 spiro atoms. The van der Waals surface area contributed by atoms with Gasteiger partial charge in [0, 0.05) is 24.9 Å². The van der Waals surface area contributed by atoms with E-state index in [2.05, 4.69) is 21.2 Å². The smallest absolute Gasteiger partial charge is 0.258 e. The zero-order valence-corrected chi connectivity index (χ0v) is 15.8. The first-order chi connectivity index (χ1) is 12.4. The number of amides is 3. The highest BCUT2D eigenvalue weighted by molar-refractivity contribution is 9.10. The lowest BCUT2D eigenvalue weighted by atomic mass is 9.90. The molecule has 140 valence electrons. The molecule has 1 aromatic rings. The number of halogens is 2. The molecule has 1 heterocycles. The standard InChI is InChI=1S/C18H20BrFN2O4/c19-14-9-11(20)1-6-15(14)26-10-16(23)21-12-2-4-13(5-3-12)22-17(24)7-8-18(22)25/h1,6,9,12-13H,2-5,7-8,10H2,(H,21,23). The molecule has 3 amide bonds. The second-order valence-corrected chi connectivity index (χ2v) is 7.45. The van der Waals surface area contributed by atoms with Crippen molar-refractivity contribution >= 4 is 33.7 Å². The van der Waals surface area contributed by atoms with Crippen molar-refractivity contribution in [3.63, 3.8) is 0 Å². The summed E-state index contributed by atoms with van der Waals surface area (Å²) in [4.78, 5) is 37.1. The third-order valence-corrected chi connectivity index (χ3v) is 5.39. The molecule has 1 aromatic carbocycles. The van der Waals surface area contributed by atoms with E-state index in [1.54, 1.807) is 0 Å². The van der Waals surface area contributed by atoms with Gasteiger partial charge in [-0.05, 0) is 59.8 Å². The fourth-order valence-corrected chi connectivity index (χ4v) is 3.95. The number of carbonyl (C=O) groups is 3. The maximum absolute atomic E-state index is 13.0. The number of carbonyl (C=O) groups excluding carboxylic acids is 3. The minimum Gasteiger partial charge on any atom is -0.483 e. The molecule has 1 aliphatic carbocycles. The van der Waals surface area contributed by atoms with E-state index in [1.165, 1.54) is 23.1 Å². The van der Waals surface area contributed by atoms with Crippen LogP contribution < -0.4 is 10.1 Å². The minimum atomic E-state index is -0.389. The average Bonchev–Trinajstić information content (AvgIpc) is 2.94. The summed E-state index contributed by atoms with van der Waals surface area (Å²) in [6.45, 7) is -0.159. The lowest BCUT2D eigenvalue weighted by Gasteiger charge is -2.33. The van der Waals surface area contributed by atoms with E-state index in [1.807, 2.05) is 0 Å². The molecule has 0 unspecified atom stereocenters. The number of nitrogens with one attached hydrogen (secondary N) is 1. The SMILES string of the molecule is O=C(COc1ccc(F)cc1Br)NC1CCC(N2C(=O)CCC2=O)CC1. The van der Waals surface area contributed by atoms with E-state index in [0.29, 0.717) is 48.7 Å². The van der Waals surface area contributed by atoms with Gasteiger partial charge in [0.25, 0.3) is 5.91 Å². The summed E-state index contributed by atoms with van der Waals surface area (Å²) in [6.07, 6.45) is 3.46. The Bertz CT molecular complexity index is 703. The topological polar surface area (TPSA) is 75.7 Å². The van der Waals surface area contributed by atoms with Crippen LogP contribution in [0.5, 0.6) is 5.75 Å². The van der Waals surface area contributed by atoms with Gasteiger partial charge in [-0.1, -0.05) is 0 Å². The molecule has 6 nitrogen and oxygen atoms in total. The predicted octanol–water partition coefficient (Wildman–Crippen LogP) is 2.54. The van der Waals surface area contributed by atoms with Crippen LogP contribution in [0.15, 0.2) is 22.7 Å². The first kappa shape index (κ1) is 18.8. The van der Waals surface area contributed by atoms with E-state index in [-0.39, 0.29) is 42.2 Å². The summed E-state index contributed by atoms with van der Waals surface area (Å²) in [5.41, 5.74) is 0. The lowest BCUT2D eigenvalue weighted by Crippen LogP contribution is -2.46. The predicted molar refractivity (Wildman–Crippen MR) is 94.9 cm³/mol. The maximum atomic E-state index is 13.0. The largest absolute Gasteiger partial charge is 0.483 e. The summed E-state index contributed by atoms with van der Waals surface area (Å²) in [5.74, 6) is -0.406. The number of rotatable bonds is 5. The van der Waals surface area contributed by atoms with Gasteiger partial charge in [0.05, 0.1) is 4.47 Å². The van der Waals surface area contributed by atoms with Crippen molar-refractivity contribution in [1.29, 1.82) is 0 Å². The zero-order valence-electron chi connectivity index (χ0n) is 14.2. The van der Waals surface area contributed by atoms with E-state index < -0.39 is 0 Å². The molecule has 0 aromatic heterocycles. The molecular formula is C18H20BrFN2O4. The van der Waals surface area contributed by atoms with Crippen LogP contribution in [-0.4, -0.2) is 41.3 Å².